The molecule has 3 aromatic heterocycles. The third-order valence-corrected chi connectivity index (χ3v) is 7.29. The number of sulfonamides is 1. The number of rotatable bonds is 6. The average molecular weight is 420 g/mol. The van der Waals surface area contributed by atoms with Crippen LogP contribution < -0.4 is 5.32 Å². The second kappa shape index (κ2) is 7.95. The number of likely N-dealkylation sites (N-methyl/N-ethyl adjacent to an activating group) is 1. The minimum atomic E-state index is -3.50. The molecular weight excluding hydrogens is 398 g/mol. The molecule has 1 aliphatic rings. The summed E-state index contributed by atoms with van der Waals surface area (Å²) >= 11 is 1.58. The van der Waals surface area contributed by atoms with E-state index in [1.807, 2.05) is 24.6 Å². The molecule has 3 aromatic rings. The van der Waals surface area contributed by atoms with Gasteiger partial charge < -0.3 is 10.2 Å². The fourth-order valence-electron chi connectivity index (χ4n) is 2.88. The van der Waals surface area contributed by atoms with Crippen molar-refractivity contribution in [2.75, 3.05) is 38.5 Å². The second-order valence-electron chi connectivity index (χ2n) is 6.52. The van der Waals surface area contributed by atoms with Crippen molar-refractivity contribution >= 4 is 27.2 Å². The average Bonchev–Trinajstić information content (AvgIpc) is 3.39. The topological polar surface area (TPSA) is 107 Å². The van der Waals surface area contributed by atoms with Gasteiger partial charge in [-0.1, -0.05) is 6.07 Å². The first kappa shape index (κ1) is 19.0. The molecule has 0 spiro atoms. The lowest BCUT2D eigenvalue weighted by Gasteiger charge is -2.31. The number of aromatic amines is 1. The van der Waals surface area contributed by atoms with Crippen LogP contribution >= 0.6 is 11.3 Å². The highest BCUT2D eigenvalue weighted by Gasteiger charge is 2.27. The molecule has 0 bridgehead atoms. The summed E-state index contributed by atoms with van der Waals surface area (Å²) in [4.78, 5) is 12.0. The maximum Gasteiger partial charge on any atom is 0.244 e. The zero-order valence-corrected chi connectivity index (χ0v) is 17.0. The Morgan fingerprint density at radius 2 is 2.04 bits per heavy atom. The highest BCUT2D eigenvalue weighted by molar-refractivity contribution is 7.89. The Kier molecular flexibility index (Phi) is 5.40. The summed E-state index contributed by atoms with van der Waals surface area (Å²) in [5, 5.41) is 12.2. The molecule has 0 aliphatic carbocycles. The van der Waals surface area contributed by atoms with Crippen molar-refractivity contribution in [2.45, 2.75) is 11.4 Å². The molecule has 2 N–H and O–H groups in total. The van der Waals surface area contributed by atoms with Gasteiger partial charge in [0.1, 0.15) is 16.5 Å². The largest absolute Gasteiger partial charge is 0.363 e. The van der Waals surface area contributed by atoms with Crippen LogP contribution in [0.25, 0.3) is 10.7 Å². The maximum atomic E-state index is 12.7. The van der Waals surface area contributed by atoms with Crippen LogP contribution in [0.3, 0.4) is 0 Å². The molecule has 1 saturated heterocycles. The summed E-state index contributed by atoms with van der Waals surface area (Å²) in [7, 11) is -1.51. The SMILES string of the molecule is CN1CCN(S(=O)(=O)c2ccc(NCc3nc(-c4cccs4)n[nH]3)nc2)CC1. The molecule has 1 aliphatic heterocycles. The molecule has 11 heteroatoms. The second-order valence-corrected chi connectivity index (χ2v) is 9.41. The van der Waals surface area contributed by atoms with Gasteiger partial charge in [0.2, 0.25) is 10.0 Å². The van der Waals surface area contributed by atoms with Gasteiger partial charge in [0, 0.05) is 32.4 Å². The van der Waals surface area contributed by atoms with Gasteiger partial charge in [0.05, 0.1) is 11.4 Å². The Hall–Kier alpha value is -2.34. The molecule has 1 fully saturated rings. The zero-order valence-electron chi connectivity index (χ0n) is 15.4. The number of H-pyrrole nitrogens is 1. The van der Waals surface area contributed by atoms with Crippen molar-refractivity contribution in [1.82, 2.24) is 29.4 Å². The number of pyridine rings is 1. The van der Waals surface area contributed by atoms with E-state index in [0.29, 0.717) is 37.1 Å². The van der Waals surface area contributed by atoms with Gasteiger partial charge in [-0.3, -0.25) is 5.10 Å². The van der Waals surface area contributed by atoms with Gasteiger partial charge >= 0.3 is 0 Å². The van der Waals surface area contributed by atoms with Crippen LogP contribution in [-0.4, -0.2) is 71.0 Å². The summed E-state index contributed by atoms with van der Waals surface area (Å²) in [6.45, 7) is 2.87. The Morgan fingerprint density at radius 1 is 1.21 bits per heavy atom. The zero-order chi connectivity index (χ0) is 19.6. The predicted molar refractivity (Wildman–Crippen MR) is 108 cm³/mol. The van der Waals surface area contributed by atoms with E-state index in [9.17, 15) is 8.42 Å². The lowest BCUT2D eigenvalue weighted by Crippen LogP contribution is -2.47. The summed E-state index contributed by atoms with van der Waals surface area (Å²) in [6, 6.07) is 7.17. The Morgan fingerprint density at radius 3 is 2.71 bits per heavy atom. The van der Waals surface area contributed by atoms with Crippen LogP contribution in [-0.2, 0) is 16.6 Å². The van der Waals surface area contributed by atoms with Crippen molar-refractivity contribution in [3.8, 4) is 10.7 Å². The molecule has 0 radical (unpaired) electrons. The lowest BCUT2D eigenvalue weighted by atomic mass is 10.4. The minimum absolute atomic E-state index is 0.210. The van der Waals surface area contributed by atoms with Gasteiger partial charge in [-0.15, -0.1) is 11.3 Å². The van der Waals surface area contributed by atoms with Crippen molar-refractivity contribution in [2.24, 2.45) is 0 Å². The predicted octanol–water partition coefficient (Wildman–Crippen LogP) is 1.48. The molecule has 4 heterocycles. The maximum absolute atomic E-state index is 12.7. The number of anilines is 1. The van der Waals surface area contributed by atoms with Gasteiger partial charge in [-0.25, -0.2) is 18.4 Å². The Bertz CT molecular complexity index is 1010. The van der Waals surface area contributed by atoms with E-state index in [4.69, 9.17) is 0 Å². The monoisotopic (exact) mass is 419 g/mol. The first-order valence-corrected chi connectivity index (χ1v) is 11.2. The first-order chi connectivity index (χ1) is 13.5. The van der Waals surface area contributed by atoms with E-state index in [2.05, 4.69) is 30.4 Å². The summed E-state index contributed by atoms with van der Waals surface area (Å²) in [6.07, 6.45) is 1.40. The number of piperazine rings is 1. The minimum Gasteiger partial charge on any atom is -0.363 e. The molecule has 0 aromatic carbocycles. The van der Waals surface area contributed by atoms with Crippen molar-refractivity contribution in [3.05, 3.63) is 41.7 Å². The number of aromatic nitrogens is 4. The van der Waals surface area contributed by atoms with E-state index >= 15 is 0 Å². The van der Waals surface area contributed by atoms with Crippen molar-refractivity contribution in [1.29, 1.82) is 0 Å². The molecular formula is C17H21N7O2S2. The van der Waals surface area contributed by atoms with Crippen LogP contribution in [0.4, 0.5) is 5.82 Å². The van der Waals surface area contributed by atoms with Gasteiger partial charge in [-0.2, -0.15) is 9.40 Å². The number of nitrogens with zero attached hydrogens (tertiary/aromatic N) is 5. The third-order valence-electron chi connectivity index (χ3n) is 4.55. The third kappa shape index (κ3) is 4.07. The fraction of sp³-hybridized carbons (Fsp3) is 0.353. The van der Waals surface area contributed by atoms with Crippen LogP contribution in [0, 0.1) is 0 Å². The van der Waals surface area contributed by atoms with Crippen LogP contribution in [0.15, 0.2) is 40.7 Å². The summed E-state index contributed by atoms with van der Waals surface area (Å²) < 4.78 is 27.0. The van der Waals surface area contributed by atoms with Crippen molar-refractivity contribution < 1.29 is 8.42 Å². The Labute approximate surface area is 167 Å². The quantitative estimate of drug-likeness (QED) is 0.623. The Balaban J connectivity index is 1.38. The number of nitrogens with one attached hydrogen (secondary N) is 2. The van der Waals surface area contributed by atoms with Crippen LogP contribution in [0.5, 0.6) is 0 Å². The molecule has 0 amide bonds. The number of hydrogen-bond donors (Lipinski definition) is 2. The van der Waals surface area contributed by atoms with Gasteiger partial charge in [0.25, 0.3) is 0 Å². The molecule has 0 unspecified atom stereocenters. The van der Waals surface area contributed by atoms with E-state index in [-0.39, 0.29) is 4.90 Å². The normalized spacial score (nSPS) is 16.3. The molecule has 0 saturated carbocycles. The molecule has 0 atom stereocenters. The molecule has 4 rings (SSSR count). The fourth-order valence-corrected chi connectivity index (χ4v) is 4.91. The standard InChI is InChI=1S/C17H21N7O2S2/c1-23-6-8-24(9-7-23)28(25,26)13-4-5-15(18-11-13)19-12-16-20-17(22-21-16)14-3-2-10-27-14/h2-5,10-11H,6-9,12H2,1H3,(H,18,19)(H,20,21,22). The smallest absolute Gasteiger partial charge is 0.244 e. The highest BCUT2D eigenvalue weighted by atomic mass is 32.2. The number of thiophene rings is 1. The van der Waals surface area contributed by atoms with Crippen LogP contribution in [0.1, 0.15) is 5.82 Å². The summed E-state index contributed by atoms with van der Waals surface area (Å²) in [5.74, 6) is 1.92. The number of hydrogen-bond acceptors (Lipinski definition) is 8. The van der Waals surface area contributed by atoms with E-state index in [0.717, 1.165) is 18.0 Å². The van der Waals surface area contributed by atoms with E-state index in [1.54, 1.807) is 23.5 Å². The van der Waals surface area contributed by atoms with E-state index < -0.39 is 10.0 Å². The van der Waals surface area contributed by atoms with E-state index in [1.165, 1.54) is 10.5 Å². The summed E-state index contributed by atoms with van der Waals surface area (Å²) in [5.41, 5.74) is 0. The molecule has 28 heavy (non-hydrogen) atoms. The van der Waals surface area contributed by atoms with Gasteiger partial charge in [-0.05, 0) is 30.6 Å². The highest BCUT2D eigenvalue weighted by Crippen LogP contribution is 2.21. The van der Waals surface area contributed by atoms with Crippen LogP contribution in [0.2, 0.25) is 0 Å². The lowest BCUT2D eigenvalue weighted by molar-refractivity contribution is 0.222. The van der Waals surface area contributed by atoms with Crippen molar-refractivity contribution in [3.63, 3.8) is 0 Å². The van der Waals surface area contributed by atoms with Gasteiger partial charge in [0.15, 0.2) is 5.82 Å². The first-order valence-electron chi connectivity index (χ1n) is 8.86. The molecule has 148 valence electrons. The molecule has 9 nitrogen and oxygen atoms in total.